The van der Waals surface area contributed by atoms with Crippen molar-refractivity contribution in [3.05, 3.63) is 53.8 Å². The molecular weight excluding hydrogens is 244 g/mol. The van der Waals surface area contributed by atoms with E-state index in [4.69, 9.17) is 9.31 Å². The Kier molecular flexibility index (Phi) is 2.43. The molecule has 0 saturated carbocycles. The number of hydrogen-bond acceptors (Lipinski definition) is 2. The lowest BCUT2D eigenvalue weighted by Gasteiger charge is -2.06. The summed E-state index contributed by atoms with van der Waals surface area (Å²) in [5, 5.41) is 0. The molecule has 0 amide bonds. The van der Waals surface area contributed by atoms with E-state index in [1.54, 1.807) is 0 Å². The van der Waals surface area contributed by atoms with Crippen LogP contribution >= 0.6 is 0 Å². The van der Waals surface area contributed by atoms with Gasteiger partial charge < -0.3 is 9.31 Å². The third-order valence-electron chi connectivity index (χ3n) is 2.63. The Morgan fingerprint density at radius 3 is 2.06 bits per heavy atom. The van der Waals surface area contributed by atoms with Gasteiger partial charge in [0.15, 0.2) is 11.6 Å². The van der Waals surface area contributed by atoms with Gasteiger partial charge in [-0.3, -0.25) is 0 Å². The molecule has 0 N–H and O–H groups in total. The Morgan fingerprint density at radius 1 is 0.778 bits per heavy atom. The molecule has 0 aromatic heterocycles. The van der Waals surface area contributed by atoms with Crippen LogP contribution in [-0.2, 0) is 0 Å². The van der Waals surface area contributed by atoms with Gasteiger partial charge in [-0.15, -0.1) is 0 Å². The molecule has 0 unspecified atom stereocenters. The molecular formula is C12H6BF3O2. The van der Waals surface area contributed by atoms with Crippen LogP contribution in [0.2, 0.25) is 0 Å². The van der Waals surface area contributed by atoms with Gasteiger partial charge >= 0.3 is 7.12 Å². The van der Waals surface area contributed by atoms with Crippen molar-refractivity contribution in [3.63, 3.8) is 0 Å². The van der Waals surface area contributed by atoms with Gasteiger partial charge in [-0.05, 0) is 24.3 Å². The summed E-state index contributed by atoms with van der Waals surface area (Å²) in [5.74, 6) is -2.24. The molecule has 3 rings (SSSR count). The Labute approximate surface area is 101 Å². The minimum Gasteiger partial charge on any atom is -0.519 e. The van der Waals surface area contributed by atoms with Crippen LogP contribution < -0.4 is 14.8 Å². The van der Waals surface area contributed by atoms with Crippen molar-refractivity contribution < 1.29 is 22.5 Å². The van der Waals surface area contributed by atoms with Crippen molar-refractivity contribution in [1.29, 1.82) is 0 Å². The lowest BCUT2D eigenvalue weighted by Crippen LogP contribution is -2.43. The lowest BCUT2D eigenvalue weighted by molar-refractivity contribution is 0.487. The van der Waals surface area contributed by atoms with E-state index in [0.717, 1.165) is 12.1 Å². The third kappa shape index (κ3) is 1.61. The van der Waals surface area contributed by atoms with Crippen LogP contribution in [0.3, 0.4) is 0 Å². The second kappa shape index (κ2) is 3.98. The molecule has 2 nitrogen and oxygen atoms in total. The zero-order chi connectivity index (χ0) is 12.7. The van der Waals surface area contributed by atoms with Crippen molar-refractivity contribution in [2.75, 3.05) is 0 Å². The van der Waals surface area contributed by atoms with Gasteiger partial charge in [-0.1, -0.05) is 12.1 Å². The van der Waals surface area contributed by atoms with E-state index in [-0.39, 0.29) is 17.0 Å². The van der Waals surface area contributed by atoms with Gasteiger partial charge in [0, 0.05) is 0 Å². The predicted molar refractivity (Wildman–Crippen MR) is 59.4 cm³/mol. The molecule has 0 aliphatic carbocycles. The van der Waals surface area contributed by atoms with Crippen molar-refractivity contribution in [1.82, 2.24) is 0 Å². The van der Waals surface area contributed by atoms with Crippen LogP contribution in [0.4, 0.5) is 13.2 Å². The molecule has 0 bridgehead atoms. The summed E-state index contributed by atoms with van der Waals surface area (Å²) in [7, 11) is -1.31. The second-order valence-corrected chi connectivity index (χ2v) is 3.77. The SMILES string of the molecule is Fc1cccc2c1OB(c1c(F)cccc1F)O2. The summed E-state index contributed by atoms with van der Waals surface area (Å²) in [6.45, 7) is 0. The van der Waals surface area contributed by atoms with Crippen LogP contribution in [0.15, 0.2) is 36.4 Å². The molecule has 1 aliphatic heterocycles. The van der Waals surface area contributed by atoms with E-state index in [0.29, 0.717) is 0 Å². The Balaban J connectivity index is 2.02. The van der Waals surface area contributed by atoms with Gasteiger partial charge in [0.1, 0.15) is 17.4 Å². The molecule has 0 radical (unpaired) electrons. The standard InChI is InChI=1S/C12H6BF3O2/c14-7-3-1-4-8(15)11(7)13-17-10-6-2-5-9(16)12(10)18-13/h1-6H. The molecule has 0 fully saturated rings. The van der Waals surface area contributed by atoms with Crippen molar-refractivity contribution in [2.45, 2.75) is 0 Å². The highest BCUT2D eigenvalue weighted by Crippen LogP contribution is 2.35. The first-order valence-corrected chi connectivity index (χ1v) is 5.22. The van der Waals surface area contributed by atoms with Gasteiger partial charge in [-0.25, -0.2) is 13.2 Å². The zero-order valence-corrected chi connectivity index (χ0v) is 8.99. The molecule has 1 aliphatic rings. The molecule has 6 heteroatoms. The average Bonchev–Trinajstić information content (AvgIpc) is 2.74. The Hall–Kier alpha value is -2.11. The van der Waals surface area contributed by atoms with Crippen molar-refractivity contribution in [2.24, 2.45) is 0 Å². The van der Waals surface area contributed by atoms with E-state index in [2.05, 4.69) is 0 Å². The van der Waals surface area contributed by atoms with Gasteiger partial charge in [0.05, 0.1) is 5.46 Å². The fourth-order valence-electron chi connectivity index (χ4n) is 1.80. The molecule has 1 heterocycles. The fraction of sp³-hybridized carbons (Fsp3) is 0. The van der Waals surface area contributed by atoms with E-state index in [1.165, 1.54) is 24.3 Å². The monoisotopic (exact) mass is 250 g/mol. The molecule has 2 aromatic carbocycles. The second-order valence-electron chi connectivity index (χ2n) is 3.77. The predicted octanol–water partition coefficient (Wildman–Crippen LogP) is 2.27. The highest BCUT2D eigenvalue weighted by molar-refractivity contribution is 6.63. The number of hydrogen-bond donors (Lipinski definition) is 0. The van der Waals surface area contributed by atoms with Crippen LogP contribution in [0.5, 0.6) is 11.5 Å². The summed E-state index contributed by atoms with van der Waals surface area (Å²) in [4.78, 5) is 0. The molecule has 0 spiro atoms. The first-order chi connectivity index (χ1) is 8.66. The van der Waals surface area contributed by atoms with Crippen LogP contribution in [0, 0.1) is 17.5 Å². The van der Waals surface area contributed by atoms with Crippen LogP contribution in [0.1, 0.15) is 0 Å². The maximum Gasteiger partial charge on any atom is 0.638 e. The molecule has 2 aromatic rings. The van der Waals surface area contributed by atoms with Gasteiger partial charge in [0.2, 0.25) is 0 Å². The average molecular weight is 250 g/mol. The molecule has 18 heavy (non-hydrogen) atoms. The fourth-order valence-corrected chi connectivity index (χ4v) is 1.80. The summed E-state index contributed by atoms with van der Waals surface area (Å²) in [5.41, 5.74) is -0.367. The first-order valence-electron chi connectivity index (χ1n) is 5.22. The largest absolute Gasteiger partial charge is 0.638 e. The van der Waals surface area contributed by atoms with E-state index in [9.17, 15) is 13.2 Å². The summed E-state index contributed by atoms with van der Waals surface area (Å²) < 4.78 is 50.8. The maximum atomic E-state index is 13.5. The van der Waals surface area contributed by atoms with E-state index >= 15 is 0 Å². The summed E-state index contributed by atoms with van der Waals surface area (Å²) >= 11 is 0. The zero-order valence-electron chi connectivity index (χ0n) is 8.99. The number of para-hydroxylation sites is 1. The smallest absolute Gasteiger partial charge is 0.519 e. The Bertz CT molecular complexity index is 598. The normalized spacial score (nSPS) is 12.9. The quantitative estimate of drug-likeness (QED) is 0.723. The van der Waals surface area contributed by atoms with Crippen LogP contribution in [-0.4, -0.2) is 7.12 Å². The molecule has 0 atom stereocenters. The van der Waals surface area contributed by atoms with E-state index < -0.39 is 24.6 Å². The number of benzene rings is 2. The van der Waals surface area contributed by atoms with E-state index in [1.807, 2.05) is 0 Å². The van der Waals surface area contributed by atoms with Gasteiger partial charge in [-0.2, -0.15) is 0 Å². The minimum atomic E-state index is -1.31. The maximum absolute atomic E-state index is 13.5. The number of rotatable bonds is 1. The lowest BCUT2D eigenvalue weighted by atomic mass is 9.78. The number of fused-ring (bicyclic) bond motifs is 1. The summed E-state index contributed by atoms with van der Waals surface area (Å²) in [6.07, 6.45) is 0. The highest BCUT2D eigenvalue weighted by atomic mass is 19.1. The number of halogens is 3. The summed E-state index contributed by atoms with van der Waals surface area (Å²) in [6, 6.07) is 7.49. The first kappa shape index (κ1) is 11.0. The molecule has 0 saturated heterocycles. The Morgan fingerprint density at radius 2 is 1.39 bits per heavy atom. The van der Waals surface area contributed by atoms with Crippen LogP contribution in [0.25, 0.3) is 0 Å². The molecule has 90 valence electrons. The van der Waals surface area contributed by atoms with Crippen molar-refractivity contribution >= 4 is 12.6 Å². The topological polar surface area (TPSA) is 18.5 Å². The van der Waals surface area contributed by atoms with Gasteiger partial charge in [0.25, 0.3) is 0 Å². The highest BCUT2D eigenvalue weighted by Gasteiger charge is 2.40. The third-order valence-corrected chi connectivity index (χ3v) is 2.63. The van der Waals surface area contributed by atoms with Crippen molar-refractivity contribution in [3.8, 4) is 11.5 Å². The minimum absolute atomic E-state index is 0.127.